The summed E-state index contributed by atoms with van der Waals surface area (Å²) >= 11 is 3.71. The van der Waals surface area contributed by atoms with E-state index in [4.69, 9.17) is 0 Å². The van der Waals surface area contributed by atoms with Gasteiger partial charge in [-0.2, -0.15) is 5.10 Å². The monoisotopic (exact) mass is 342 g/mol. The Balaban J connectivity index is 2.11. The third-order valence-electron chi connectivity index (χ3n) is 4.15. The summed E-state index contributed by atoms with van der Waals surface area (Å²) in [6.45, 7) is 13.0. The van der Waals surface area contributed by atoms with Crippen molar-refractivity contribution in [1.82, 2.24) is 20.0 Å². The van der Waals surface area contributed by atoms with Crippen LogP contribution < -0.4 is 5.32 Å². The van der Waals surface area contributed by atoms with Gasteiger partial charge < -0.3 is 5.32 Å². The van der Waals surface area contributed by atoms with Crippen molar-refractivity contribution in [2.75, 3.05) is 13.1 Å². The van der Waals surface area contributed by atoms with Gasteiger partial charge in [-0.05, 0) is 63.0 Å². The molecule has 2 rings (SSSR count). The summed E-state index contributed by atoms with van der Waals surface area (Å²) in [6, 6.07) is 1.19. The van der Waals surface area contributed by atoms with E-state index >= 15 is 0 Å². The molecule has 5 heteroatoms. The number of hydrogen-bond donors (Lipinski definition) is 1. The second-order valence-corrected chi connectivity index (χ2v) is 6.77. The normalized spacial score (nSPS) is 19.4. The Morgan fingerprint density at radius 3 is 2.80 bits per heavy atom. The zero-order chi connectivity index (χ0) is 14.7. The molecule has 2 heterocycles. The van der Waals surface area contributed by atoms with Crippen molar-refractivity contribution in [3.63, 3.8) is 0 Å². The fourth-order valence-electron chi connectivity index (χ4n) is 2.87. The molecule has 1 aliphatic rings. The fraction of sp³-hybridized carbons (Fsp3) is 0.800. The first-order valence-electron chi connectivity index (χ1n) is 7.72. The van der Waals surface area contributed by atoms with Gasteiger partial charge in [0.15, 0.2) is 0 Å². The Labute approximate surface area is 131 Å². The van der Waals surface area contributed by atoms with Crippen molar-refractivity contribution in [3.8, 4) is 0 Å². The minimum atomic E-state index is 0.546. The average Bonchev–Trinajstić information content (AvgIpc) is 3.00. The van der Waals surface area contributed by atoms with Gasteiger partial charge in [0.25, 0.3) is 0 Å². The van der Waals surface area contributed by atoms with Crippen molar-refractivity contribution in [2.24, 2.45) is 0 Å². The minimum Gasteiger partial charge on any atom is -0.313 e. The molecule has 1 atom stereocenters. The molecule has 0 radical (unpaired) electrons. The zero-order valence-corrected chi connectivity index (χ0v) is 14.7. The molecule has 1 saturated heterocycles. The molecular formula is C15H27BrN4. The van der Waals surface area contributed by atoms with E-state index < -0.39 is 0 Å². The Kier molecular flexibility index (Phi) is 5.64. The first kappa shape index (κ1) is 16.0. The van der Waals surface area contributed by atoms with Crippen molar-refractivity contribution in [1.29, 1.82) is 0 Å². The molecular weight excluding hydrogens is 316 g/mol. The molecule has 20 heavy (non-hydrogen) atoms. The third-order valence-corrected chi connectivity index (χ3v) is 5.18. The van der Waals surface area contributed by atoms with E-state index in [0.717, 1.165) is 25.3 Å². The van der Waals surface area contributed by atoms with Gasteiger partial charge in [0.1, 0.15) is 0 Å². The van der Waals surface area contributed by atoms with E-state index in [9.17, 15) is 0 Å². The third kappa shape index (κ3) is 3.62. The van der Waals surface area contributed by atoms with Crippen LogP contribution in [0.5, 0.6) is 0 Å². The highest BCUT2D eigenvalue weighted by Gasteiger charge is 2.22. The Morgan fingerprint density at radius 1 is 1.50 bits per heavy atom. The lowest BCUT2D eigenvalue weighted by molar-refractivity contribution is 0.188. The fourth-order valence-corrected chi connectivity index (χ4v) is 3.28. The molecule has 4 nitrogen and oxygen atoms in total. The van der Waals surface area contributed by atoms with Crippen molar-refractivity contribution >= 4 is 15.9 Å². The van der Waals surface area contributed by atoms with E-state index in [2.05, 4.69) is 63.6 Å². The quantitative estimate of drug-likeness (QED) is 0.862. The van der Waals surface area contributed by atoms with Gasteiger partial charge in [-0.1, -0.05) is 0 Å². The van der Waals surface area contributed by atoms with E-state index in [1.54, 1.807) is 0 Å². The molecule has 1 unspecified atom stereocenters. The number of hydrogen-bond acceptors (Lipinski definition) is 3. The first-order chi connectivity index (χ1) is 9.52. The van der Waals surface area contributed by atoms with Crippen LogP contribution in [-0.4, -0.2) is 39.9 Å². The molecule has 1 aliphatic heterocycles. The number of aryl methyl sites for hydroxylation is 2. The SMILES string of the molecule is CCn1nc(C)c(Br)c1CN(CC1CCCN1)C(C)C. The van der Waals surface area contributed by atoms with E-state index in [0.29, 0.717) is 12.1 Å². The molecule has 0 aliphatic carbocycles. The lowest BCUT2D eigenvalue weighted by atomic mass is 10.2. The number of rotatable bonds is 6. The van der Waals surface area contributed by atoms with Crippen LogP contribution in [0.25, 0.3) is 0 Å². The largest absolute Gasteiger partial charge is 0.313 e. The minimum absolute atomic E-state index is 0.546. The van der Waals surface area contributed by atoms with Gasteiger partial charge >= 0.3 is 0 Å². The van der Waals surface area contributed by atoms with Crippen LogP contribution in [0.3, 0.4) is 0 Å². The van der Waals surface area contributed by atoms with Crippen molar-refractivity contribution in [2.45, 2.75) is 65.7 Å². The standard InChI is InChI=1S/C15H27BrN4/c1-5-20-14(15(16)12(4)18-20)10-19(11(2)3)9-13-7-6-8-17-13/h11,13,17H,5-10H2,1-4H3. The van der Waals surface area contributed by atoms with Crippen molar-refractivity contribution in [3.05, 3.63) is 15.9 Å². The zero-order valence-electron chi connectivity index (χ0n) is 13.1. The van der Waals surface area contributed by atoms with Crippen LogP contribution in [0.4, 0.5) is 0 Å². The lowest BCUT2D eigenvalue weighted by Crippen LogP contribution is -2.41. The summed E-state index contributed by atoms with van der Waals surface area (Å²) < 4.78 is 3.29. The van der Waals surface area contributed by atoms with Crippen LogP contribution in [0, 0.1) is 6.92 Å². The number of halogens is 1. The lowest BCUT2D eigenvalue weighted by Gasteiger charge is -2.29. The summed E-state index contributed by atoms with van der Waals surface area (Å²) in [7, 11) is 0. The second-order valence-electron chi connectivity index (χ2n) is 5.98. The topological polar surface area (TPSA) is 33.1 Å². The highest BCUT2D eigenvalue weighted by Crippen LogP contribution is 2.23. The molecule has 1 aromatic rings. The van der Waals surface area contributed by atoms with Gasteiger partial charge in [-0.3, -0.25) is 9.58 Å². The van der Waals surface area contributed by atoms with Crippen LogP contribution in [-0.2, 0) is 13.1 Å². The maximum Gasteiger partial charge on any atom is 0.0739 e. The maximum atomic E-state index is 4.60. The predicted molar refractivity (Wildman–Crippen MR) is 86.9 cm³/mol. The molecule has 1 aromatic heterocycles. The number of nitrogens with one attached hydrogen (secondary N) is 1. The molecule has 1 fully saturated rings. The molecule has 114 valence electrons. The molecule has 0 aromatic carbocycles. The smallest absolute Gasteiger partial charge is 0.0739 e. The van der Waals surface area contributed by atoms with Gasteiger partial charge in [0, 0.05) is 31.7 Å². The van der Waals surface area contributed by atoms with Crippen LogP contribution in [0.1, 0.15) is 45.0 Å². The molecule has 1 N–H and O–H groups in total. The van der Waals surface area contributed by atoms with Gasteiger partial charge in [0.2, 0.25) is 0 Å². The van der Waals surface area contributed by atoms with E-state index in [-0.39, 0.29) is 0 Å². The molecule has 0 spiro atoms. The van der Waals surface area contributed by atoms with Gasteiger partial charge in [-0.25, -0.2) is 0 Å². The Hall–Kier alpha value is -0.390. The maximum absolute atomic E-state index is 4.60. The summed E-state index contributed by atoms with van der Waals surface area (Å²) in [4.78, 5) is 2.55. The second kappa shape index (κ2) is 7.05. The van der Waals surface area contributed by atoms with Gasteiger partial charge in [-0.15, -0.1) is 0 Å². The van der Waals surface area contributed by atoms with E-state index in [1.165, 1.54) is 29.6 Å². The molecule has 0 bridgehead atoms. The van der Waals surface area contributed by atoms with Crippen molar-refractivity contribution < 1.29 is 0 Å². The summed E-state index contributed by atoms with van der Waals surface area (Å²) in [5.41, 5.74) is 2.39. The average molecular weight is 343 g/mol. The molecule has 0 amide bonds. The highest BCUT2D eigenvalue weighted by molar-refractivity contribution is 9.10. The highest BCUT2D eigenvalue weighted by atomic mass is 79.9. The van der Waals surface area contributed by atoms with Crippen LogP contribution in [0.2, 0.25) is 0 Å². The Morgan fingerprint density at radius 2 is 2.25 bits per heavy atom. The van der Waals surface area contributed by atoms with E-state index in [1.807, 2.05) is 0 Å². The summed E-state index contributed by atoms with van der Waals surface area (Å²) in [5.74, 6) is 0. The summed E-state index contributed by atoms with van der Waals surface area (Å²) in [5, 5.41) is 8.20. The molecule has 0 saturated carbocycles. The van der Waals surface area contributed by atoms with Crippen LogP contribution >= 0.6 is 15.9 Å². The van der Waals surface area contributed by atoms with Gasteiger partial charge in [0.05, 0.1) is 15.9 Å². The Bertz CT molecular complexity index is 435. The first-order valence-corrected chi connectivity index (χ1v) is 8.51. The summed E-state index contributed by atoms with van der Waals surface area (Å²) in [6.07, 6.45) is 2.61. The number of nitrogens with zero attached hydrogens (tertiary/aromatic N) is 3. The predicted octanol–water partition coefficient (Wildman–Crippen LogP) is 2.94. The van der Waals surface area contributed by atoms with Crippen LogP contribution in [0.15, 0.2) is 4.47 Å². The number of aromatic nitrogens is 2.